The molecule has 0 radical (unpaired) electrons. The molecular weight excluding hydrogens is 301 g/mol. The Bertz CT molecular complexity index is 556. The maximum Gasteiger partial charge on any atom is 0.488 e. The summed E-state index contributed by atoms with van der Waals surface area (Å²) < 4.78 is 3.40. The van der Waals surface area contributed by atoms with E-state index in [2.05, 4.69) is 10.2 Å². The summed E-state index contributed by atoms with van der Waals surface area (Å²) in [7, 11) is -1.58. The molecule has 1 aromatic carbocycles. The van der Waals surface area contributed by atoms with Gasteiger partial charge >= 0.3 is 7.12 Å². The number of nitrogens with zero attached hydrogens (tertiary/aromatic N) is 2. The Labute approximate surface area is 117 Å². The number of benzene rings is 1. The molecular formula is C9H6BCl3N2O3. The van der Waals surface area contributed by atoms with Crippen LogP contribution < -0.4 is 5.46 Å². The molecule has 0 atom stereocenters. The van der Waals surface area contributed by atoms with Gasteiger partial charge in [0, 0.05) is 5.56 Å². The van der Waals surface area contributed by atoms with E-state index in [1.807, 2.05) is 0 Å². The molecule has 0 spiro atoms. The van der Waals surface area contributed by atoms with Crippen LogP contribution in [0.3, 0.4) is 0 Å². The van der Waals surface area contributed by atoms with E-state index >= 15 is 0 Å². The van der Waals surface area contributed by atoms with Crippen LogP contribution in [0.25, 0.3) is 11.5 Å². The summed E-state index contributed by atoms with van der Waals surface area (Å²) in [5, 5.41) is 25.4. The van der Waals surface area contributed by atoms with E-state index in [0.717, 1.165) is 0 Å². The van der Waals surface area contributed by atoms with Gasteiger partial charge in [-0.05, 0) is 17.6 Å². The molecule has 9 heteroatoms. The SMILES string of the molecule is OB(O)c1cccc(-c2nnc(C(Cl)(Cl)Cl)o2)c1. The van der Waals surface area contributed by atoms with Gasteiger partial charge in [-0.25, -0.2) is 0 Å². The van der Waals surface area contributed by atoms with E-state index in [9.17, 15) is 0 Å². The highest BCUT2D eigenvalue weighted by Gasteiger charge is 2.30. The van der Waals surface area contributed by atoms with Gasteiger partial charge in [0.05, 0.1) is 0 Å². The number of alkyl halides is 3. The molecule has 2 rings (SSSR count). The highest BCUT2D eigenvalue weighted by Crippen LogP contribution is 2.38. The Morgan fingerprint density at radius 3 is 2.44 bits per heavy atom. The summed E-state index contributed by atoms with van der Waals surface area (Å²) in [6, 6.07) is 6.30. The first-order valence-corrected chi connectivity index (χ1v) is 5.88. The van der Waals surface area contributed by atoms with Crippen molar-refractivity contribution in [1.29, 1.82) is 0 Å². The number of hydrogen-bond donors (Lipinski definition) is 2. The molecule has 0 aliphatic heterocycles. The monoisotopic (exact) mass is 306 g/mol. The van der Waals surface area contributed by atoms with Crippen molar-refractivity contribution in [3.63, 3.8) is 0 Å². The molecule has 5 nitrogen and oxygen atoms in total. The van der Waals surface area contributed by atoms with Crippen LogP contribution in [-0.4, -0.2) is 27.4 Å². The van der Waals surface area contributed by atoms with Crippen molar-refractivity contribution < 1.29 is 14.5 Å². The highest BCUT2D eigenvalue weighted by atomic mass is 35.6. The first-order valence-electron chi connectivity index (χ1n) is 4.75. The summed E-state index contributed by atoms with van der Waals surface area (Å²) >= 11 is 16.8. The van der Waals surface area contributed by atoms with Crippen LogP contribution >= 0.6 is 34.8 Å². The van der Waals surface area contributed by atoms with Crippen LogP contribution in [0.15, 0.2) is 28.7 Å². The van der Waals surface area contributed by atoms with Crippen molar-refractivity contribution in [3.05, 3.63) is 30.2 Å². The maximum atomic E-state index is 9.06. The zero-order valence-electron chi connectivity index (χ0n) is 8.72. The number of hydrogen-bond acceptors (Lipinski definition) is 5. The molecule has 2 N–H and O–H groups in total. The molecule has 0 aliphatic carbocycles. The molecule has 0 amide bonds. The average molecular weight is 307 g/mol. The quantitative estimate of drug-likeness (QED) is 0.645. The van der Waals surface area contributed by atoms with E-state index in [1.165, 1.54) is 6.07 Å². The summed E-state index contributed by atoms with van der Waals surface area (Å²) in [4.78, 5) is 0. The first kappa shape index (κ1) is 13.6. The minimum atomic E-state index is -1.79. The molecule has 0 bridgehead atoms. The lowest BCUT2D eigenvalue weighted by atomic mass is 9.80. The van der Waals surface area contributed by atoms with Gasteiger partial charge in [0.25, 0.3) is 9.68 Å². The van der Waals surface area contributed by atoms with Crippen molar-refractivity contribution in [2.45, 2.75) is 3.79 Å². The Kier molecular flexibility index (Phi) is 3.84. The minimum absolute atomic E-state index is 0.124. The second-order valence-electron chi connectivity index (χ2n) is 3.41. The van der Waals surface area contributed by atoms with Gasteiger partial charge in [-0.3, -0.25) is 0 Å². The zero-order chi connectivity index (χ0) is 13.3. The lowest BCUT2D eigenvalue weighted by Gasteiger charge is -2.03. The van der Waals surface area contributed by atoms with E-state index < -0.39 is 10.9 Å². The smallest absolute Gasteiger partial charge is 0.423 e. The van der Waals surface area contributed by atoms with Crippen LogP contribution in [0.2, 0.25) is 0 Å². The van der Waals surface area contributed by atoms with E-state index in [1.54, 1.807) is 18.2 Å². The van der Waals surface area contributed by atoms with Crippen LogP contribution in [0.4, 0.5) is 0 Å². The van der Waals surface area contributed by atoms with Crippen LogP contribution in [0.1, 0.15) is 5.89 Å². The third-order valence-corrected chi connectivity index (χ3v) is 2.58. The van der Waals surface area contributed by atoms with Gasteiger partial charge in [-0.2, -0.15) is 0 Å². The predicted molar refractivity (Wildman–Crippen MR) is 68.8 cm³/mol. The van der Waals surface area contributed by atoms with Gasteiger partial charge in [0.1, 0.15) is 0 Å². The molecule has 18 heavy (non-hydrogen) atoms. The molecule has 94 valence electrons. The fraction of sp³-hybridized carbons (Fsp3) is 0.111. The van der Waals surface area contributed by atoms with Crippen LogP contribution in [0.5, 0.6) is 0 Å². The number of halogens is 3. The highest BCUT2D eigenvalue weighted by molar-refractivity contribution is 6.66. The van der Waals surface area contributed by atoms with Crippen molar-refractivity contribution in [3.8, 4) is 11.5 Å². The summed E-state index contributed by atoms with van der Waals surface area (Å²) in [5.74, 6) is -0.0312. The van der Waals surface area contributed by atoms with Gasteiger partial charge in [-0.1, -0.05) is 46.9 Å². The maximum absolute atomic E-state index is 9.06. The second kappa shape index (κ2) is 5.07. The summed E-state index contributed by atoms with van der Waals surface area (Å²) in [6.07, 6.45) is 0. The van der Waals surface area contributed by atoms with Crippen molar-refractivity contribution in [1.82, 2.24) is 10.2 Å². The molecule has 2 aromatic rings. The Balaban J connectivity index is 2.37. The van der Waals surface area contributed by atoms with E-state index in [-0.39, 0.29) is 11.8 Å². The van der Waals surface area contributed by atoms with Crippen molar-refractivity contribution in [2.24, 2.45) is 0 Å². The standard InChI is InChI=1S/C9H6BCl3N2O3/c11-9(12,13)8-15-14-7(18-8)5-2-1-3-6(4-5)10(16)17/h1-4,16-17H. The molecule has 0 unspecified atom stereocenters. The van der Waals surface area contributed by atoms with E-state index in [0.29, 0.717) is 11.0 Å². The Hall–Kier alpha value is -0.785. The molecule has 0 aliphatic rings. The van der Waals surface area contributed by atoms with Gasteiger partial charge in [-0.15, -0.1) is 10.2 Å². The predicted octanol–water partition coefficient (Wildman–Crippen LogP) is 1.24. The normalized spacial score (nSPS) is 11.6. The second-order valence-corrected chi connectivity index (χ2v) is 5.69. The topological polar surface area (TPSA) is 79.4 Å². The zero-order valence-corrected chi connectivity index (χ0v) is 11.0. The Morgan fingerprint density at radius 2 is 1.89 bits per heavy atom. The van der Waals surface area contributed by atoms with Crippen molar-refractivity contribution in [2.75, 3.05) is 0 Å². The number of aromatic nitrogens is 2. The lowest BCUT2D eigenvalue weighted by Crippen LogP contribution is -2.29. The fourth-order valence-electron chi connectivity index (χ4n) is 1.29. The summed E-state index contributed by atoms with van der Waals surface area (Å²) in [6.45, 7) is 0. The third-order valence-electron chi connectivity index (χ3n) is 2.10. The van der Waals surface area contributed by atoms with Crippen molar-refractivity contribution >= 4 is 47.4 Å². The molecule has 0 saturated heterocycles. The molecule has 0 saturated carbocycles. The first-order chi connectivity index (χ1) is 8.38. The third kappa shape index (κ3) is 2.96. The molecule has 1 heterocycles. The average Bonchev–Trinajstić information content (AvgIpc) is 2.78. The minimum Gasteiger partial charge on any atom is -0.423 e. The van der Waals surface area contributed by atoms with E-state index in [4.69, 9.17) is 49.3 Å². The lowest BCUT2D eigenvalue weighted by molar-refractivity contribution is 0.426. The fourth-order valence-corrected chi connectivity index (χ4v) is 1.52. The van der Waals surface area contributed by atoms with Gasteiger partial charge < -0.3 is 14.5 Å². The Morgan fingerprint density at radius 1 is 1.17 bits per heavy atom. The van der Waals surface area contributed by atoms with Gasteiger partial charge in [0.2, 0.25) is 5.89 Å². The summed E-state index contributed by atoms with van der Waals surface area (Å²) in [5.41, 5.74) is 0.787. The van der Waals surface area contributed by atoms with Crippen LogP contribution in [0, 0.1) is 0 Å². The molecule has 1 aromatic heterocycles. The number of rotatable bonds is 2. The van der Waals surface area contributed by atoms with Crippen LogP contribution in [-0.2, 0) is 3.79 Å². The molecule has 0 fully saturated rings. The van der Waals surface area contributed by atoms with Gasteiger partial charge in [0.15, 0.2) is 0 Å². The largest absolute Gasteiger partial charge is 0.488 e.